The Labute approximate surface area is 204 Å². The molecule has 0 N–H and O–H groups in total. The predicted octanol–water partition coefficient (Wildman–Crippen LogP) is 4.20. The van der Waals surface area contributed by atoms with E-state index in [-0.39, 0.29) is 18.7 Å². The molecule has 0 radical (unpaired) electrons. The van der Waals surface area contributed by atoms with Crippen molar-refractivity contribution in [1.82, 2.24) is 9.88 Å². The van der Waals surface area contributed by atoms with Gasteiger partial charge in [-0.2, -0.15) is 31.3 Å². The van der Waals surface area contributed by atoms with Crippen LogP contribution in [0.2, 0.25) is 0 Å². The summed E-state index contributed by atoms with van der Waals surface area (Å²) in [5, 5.41) is 0. The number of methoxy groups -OCH3 is 1. The Morgan fingerprint density at radius 2 is 1.77 bits per heavy atom. The Bertz CT molecular complexity index is 1090. The van der Waals surface area contributed by atoms with Crippen molar-refractivity contribution in [2.24, 2.45) is 0 Å². The number of benzene rings is 1. The van der Waals surface area contributed by atoms with Crippen molar-refractivity contribution in [3.05, 3.63) is 51.3 Å². The summed E-state index contributed by atoms with van der Waals surface area (Å²) in [5.74, 6) is 0.348. The number of halogens is 7. The topological polar surface area (TPSA) is 69.0 Å². The maximum absolute atomic E-state index is 13.3. The van der Waals surface area contributed by atoms with Gasteiger partial charge in [0.15, 0.2) is 11.9 Å². The highest BCUT2D eigenvalue weighted by Gasteiger charge is 2.44. The summed E-state index contributed by atoms with van der Waals surface area (Å²) in [6.07, 6.45) is -9.51. The van der Waals surface area contributed by atoms with Crippen molar-refractivity contribution in [1.29, 1.82) is 0 Å². The molecular weight excluding hydrogens is 550 g/mol. The van der Waals surface area contributed by atoms with Crippen LogP contribution in [0.5, 0.6) is 0 Å². The molecule has 1 aromatic carbocycles. The minimum atomic E-state index is -5.02. The number of carbonyl (C=O) groups is 1. The van der Waals surface area contributed by atoms with E-state index in [0.29, 0.717) is 41.3 Å². The second kappa shape index (κ2) is 9.02. The lowest BCUT2D eigenvalue weighted by molar-refractivity contribution is -0.287. The highest BCUT2D eigenvalue weighted by molar-refractivity contribution is 9.10. The molecule has 35 heavy (non-hydrogen) atoms. The van der Waals surface area contributed by atoms with Crippen LogP contribution < -0.4 is 9.88 Å². The Kier molecular flexibility index (Phi) is 6.52. The summed E-state index contributed by atoms with van der Waals surface area (Å²) >= 11 is 3.26. The Balaban J connectivity index is 1.59. The number of anilines is 1. The molecule has 1 unspecified atom stereocenters. The van der Waals surface area contributed by atoms with Gasteiger partial charge in [0.25, 0.3) is 0 Å². The molecule has 14 heteroatoms. The third-order valence-corrected chi connectivity index (χ3v) is 6.49. The lowest BCUT2D eigenvalue weighted by atomic mass is 9.97. The van der Waals surface area contributed by atoms with Crippen LogP contribution in [0.1, 0.15) is 35.4 Å². The zero-order valence-corrected chi connectivity index (χ0v) is 19.8. The van der Waals surface area contributed by atoms with Crippen LogP contribution in [0.25, 0.3) is 0 Å². The van der Waals surface area contributed by atoms with E-state index in [1.807, 2.05) is 4.90 Å². The van der Waals surface area contributed by atoms with Gasteiger partial charge in [-0.15, -0.1) is 0 Å². The van der Waals surface area contributed by atoms with E-state index < -0.39 is 47.3 Å². The van der Waals surface area contributed by atoms with Crippen molar-refractivity contribution in [2.45, 2.75) is 44.1 Å². The first-order chi connectivity index (χ1) is 16.3. The molecule has 2 saturated heterocycles. The van der Waals surface area contributed by atoms with Crippen molar-refractivity contribution in [2.75, 3.05) is 25.1 Å². The molecule has 188 valence electrons. The summed E-state index contributed by atoms with van der Waals surface area (Å²) < 4.78 is 90.4. The molecule has 3 heterocycles. The van der Waals surface area contributed by atoms with Gasteiger partial charge in [0.2, 0.25) is 0 Å². The van der Waals surface area contributed by atoms with E-state index in [4.69, 9.17) is 9.47 Å². The van der Waals surface area contributed by atoms with Crippen molar-refractivity contribution in [3.63, 3.8) is 0 Å². The number of carbonyl (C=O) groups excluding carboxylic acids is 1. The van der Waals surface area contributed by atoms with Crippen LogP contribution in [-0.2, 0) is 28.4 Å². The molecule has 0 saturated carbocycles. The van der Waals surface area contributed by atoms with E-state index in [9.17, 15) is 31.1 Å². The summed E-state index contributed by atoms with van der Waals surface area (Å²) in [6, 6.07) is 0.271. The zero-order valence-electron chi connectivity index (χ0n) is 18.2. The quantitative estimate of drug-likeness (QED) is 0.504. The SMILES string of the molecule is COC1CN(c2nc(CN3C(=O)OC(c4cc(C(F)(F)F)cc(C(F)(F)F)c4)[C@@H]3C)c(Br)c#[n+]2)C1. The fourth-order valence-electron chi connectivity index (χ4n) is 3.82. The molecule has 0 bridgehead atoms. The average Bonchev–Trinajstić information content (AvgIpc) is 3.02. The molecule has 7 nitrogen and oxygen atoms in total. The van der Waals surface area contributed by atoms with Gasteiger partial charge in [-0.3, -0.25) is 4.90 Å². The van der Waals surface area contributed by atoms with Crippen LogP contribution in [-0.4, -0.2) is 48.3 Å². The van der Waals surface area contributed by atoms with Crippen molar-refractivity contribution < 1.29 is 45.6 Å². The standard InChI is InChI=1S/C21H18BrF6N4O3/c1-10-17(11-3-12(20(23,24)25)5-13(4-11)21(26,27)28)35-19(33)32(10)9-16-15(22)6-29-18(30-16)31-7-14(8-31)34-2/h3-5,10,14,17H,7-9H2,1-2H3/q+1/t10-,17?/m0/s1. The van der Waals surface area contributed by atoms with E-state index in [1.54, 1.807) is 7.11 Å². The van der Waals surface area contributed by atoms with E-state index in [0.717, 1.165) is 0 Å². The number of aromatic nitrogens is 2. The van der Waals surface area contributed by atoms with E-state index in [2.05, 4.69) is 32.1 Å². The van der Waals surface area contributed by atoms with Gasteiger partial charge in [0, 0.05) is 7.11 Å². The number of amides is 1. The van der Waals surface area contributed by atoms with Crippen LogP contribution in [0, 0.1) is 6.20 Å². The first kappa shape index (κ1) is 25.3. The van der Waals surface area contributed by atoms with Gasteiger partial charge in [0.05, 0.1) is 36.8 Å². The number of hydrogen-bond acceptors (Lipinski definition) is 5. The van der Waals surface area contributed by atoms with Crippen molar-refractivity contribution >= 4 is 28.0 Å². The fourth-order valence-corrected chi connectivity index (χ4v) is 4.12. The van der Waals surface area contributed by atoms with Crippen LogP contribution in [0.15, 0.2) is 22.7 Å². The Morgan fingerprint density at radius 3 is 2.31 bits per heavy atom. The Morgan fingerprint density at radius 1 is 1.17 bits per heavy atom. The van der Waals surface area contributed by atoms with Crippen LogP contribution >= 0.6 is 15.9 Å². The normalized spacial score (nSPS) is 21.1. The number of ether oxygens (including phenoxy) is 2. The van der Waals surface area contributed by atoms with E-state index in [1.165, 1.54) is 11.8 Å². The third-order valence-electron chi connectivity index (χ3n) is 5.86. The maximum Gasteiger partial charge on any atom is 0.492 e. The zero-order chi connectivity index (χ0) is 25.7. The molecule has 2 fully saturated rings. The first-order valence-electron chi connectivity index (χ1n) is 10.3. The summed E-state index contributed by atoms with van der Waals surface area (Å²) in [7, 11) is 1.58. The average molecular weight is 568 g/mol. The minimum Gasteiger partial charge on any atom is -0.439 e. The molecule has 1 aromatic heterocycles. The number of cyclic esters (lactones) is 1. The molecule has 0 spiro atoms. The van der Waals surface area contributed by atoms with Gasteiger partial charge in [-0.05, 0) is 46.6 Å². The van der Waals surface area contributed by atoms with Gasteiger partial charge in [0.1, 0.15) is 16.7 Å². The number of hydrogen-bond donors (Lipinski definition) is 0. The third kappa shape index (κ3) is 5.11. The minimum absolute atomic E-state index is 0.0298. The van der Waals surface area contributed by atoms with Crippen LogP contribution in [0.4, 0.5) is 37.1 Å². The molecule has 2 aliphatic rings. The van der Waals surface area contributed by atoms with Gasteiger partial charge >= 0.3 is 24.4 Å². The molecule has 2 aliphatic heterocycles. The Hall–Kier alpha value is -2.79. The number of nitrogens with zero attached hydrogens (tertiary/aromatic N) is 4. The molecule has 2 atom stereocenters. The number of alkyl halides is 6. The second-order valence-electron chi connectivity index (χ2n) is 8.17. The largest absolute Gasteiger partial charge is 0.492 e. The maximum atomic E-state index is 13.3. The summed E-state index contributed by atoms with van der Waals surface area (Å²) in [6.45, 7) is 2.47. The van der Waals surface area contributed by atoms with Gasteiger partial charge in [-0.1, -0.05) is 4.98 Å². The summed E-state index contributed by atoms with van der Waals surface area (Å²) in [5.41, 5.74) is -3.02. The van der Waals surface area contributed by atoms with E-state index >= 15 is 0 Å². The highest BCUT2D eigenvalue weighted by atomic mass is 79.9. The van der Waals surface area contributed by atoms with Gasteiger partial charge < -0.3 is 9.47 Å². The number of rotatable bonds is 5. The predicted molar refractivity (Wildman–Crippen MR) is 110 cm³/mol. The second-order valence-corrected chi connectivity index (χ2v) is 8.96. The molecule has 0 aliphatic carbocycles. The monoisotopic (exact) mass is 567 g/mol. The van der Waals surface area contributed by atoms with Gasteiger partial charge in [-0.25, -0.2) is 9.69 Å². The fraction of sp³-hybridized carbons (Fsp3) is 0.476. The summed E-state index contributed by atoms with van der Waals surface area (Å²) in [4.78, 5) is 24.1. The van der Waals surface area contributed by atoms with Crippen LogP contribution in [0.3, 0.4) is 0 Å². The lowest BCUT2D eigenvalue weighted by Gasteiger charge is -2.31. The van der Waals surface area contributed by atoms with Crippen molar-refractivity contribution in [3.8, 4) is 0 Å². The smallest absolute Gasteiger partial charge is 0.439 e. The highest BCUT2D eigenvalue weighted by Crippen LogP contribution is 2.41. The molecular formula is C21H18BrF6N4O3+. The first-order valence-corrected chi connectivity index (χ1v) is 11.1. The molecule has 1 amide bonds. The lowest BCUT2D eigenvalue weighted by Crippen LogP contribution is -2.53. The molecule has 4 rings (SSSR count). The molecule has 2 aromatic rings.